The summed E-state index contributed by atoms with van der Waals surface area (Å²) in [5, 5.41) is 7.40. The van der Waals surface area contributed by atoms with Gasteiger partial charge >= 0.3 is 0 Å². The van der Waals surface area contributed by atoms with Crippen LogP contribution >= 0.6 is 11.6 Å². The van der Waals surface area contributed by atoms with Crippen molar-refractivity contribution >= 4 is 11.6 Å². The zero-order valence-electron chi connectivity index (χ0n) is 10.7. The Bertz CT molecular complexity index is 403. The predicted molar refractivity (Wildman–Crippen MR) is 73.4 cm³/mol. The molecule has 0 spiro atoms. The molecule has 1 saturated heterocycles. The third-order valence-corrected chi connectivity index (χ3v) is 3.83. The molecular weight excluding hydrogens is 251 g/mol. The Labute approximate surface area is 113 Å². The normalized spacial score (nSPS) is 20.1. The molecule has 0 amide bonds. The smallest absolute Gasteiger partial charge is 0.126 e. The van der Waals surface area contributed by atoms with Crippen molar-refractivity contribution in [2.24, 2.45) is 5.92 Å². The van der Waals surface area contributed by atoms with Gasteiger partial charge in [0.05, 0.1) is 0 Å². The zero-order chi connectivity index (χ0) is 13.0. The first kappa shape index (κ1) is 13.8. The third kappa shape index (κ3) is 3.67. The van der Waals surface area contributed by atoms with Crippen LogP contribution in [0.15, 0.2) is 12.1 Å². The van der Waals surface area contributed by atoms with Crippen LogP contribution in [0.5, 0.6) is 0 Å². The van der Waals surface area contributed by atoms with Crippen LogP contribution in [0.25, 0.3) is 0 Å². The van der Waals surface area contributed by atoms with E-state index >= 15 is 0 Å². The maximum atomic E-state index is 13.4. The van der Waals surface area contributed by atoms with Gasteiger partial charge in [-0.1, -0.05) is 11.6 Å². The minimum absolute atomic E-state index is 0.185. The lowest BCUT2D eigenvalue weighted by Crippen LogP contribution is -2.35. The van der Waals surface area contributed by atoms with Gasteiger partial charge < -0.3 is 10.6 Å². The predicted octanol–water partition coefficient (Wildman–Crippen LogP) is 2.88. The minimum atomic E-state index is -0.185. The van der Waals surface area contributed by atoms with Crippen molar-refractivity contribution in [3.05, 3.63) is 34.1 Å². The Morgan fingerprint density at radius 2 is 2.33 bits per heavy atom. The highest BCUT2D eigenvalue weighted by Gasteiger charge is 2.12. The van der Waals surface area contributed by atoms with Crippen LogP contribution in [0.3, 0.4) is 0 Å². The van der Waals surface area contributed by atoms with E-state index in [-0.39, 0.29) is 5.82 Å². The molecule has 1 aromatic carbocycles. The number of halogens is 2. The molecule has 0 radical (unpaired) electrons. The van der Waals surface area contributed by atoms with Crippen LogP contribution in [0.2, 0.25) is 5.02 Å². The second kappa shape index (κ2) is 6.50. The van der Waals surface area contributed by atoms with E-state index in [9.17, 15) is 4.39 Å². The van der Waals surface area contributed by atoms with Crippen LogP contribution in [-0.2, 0) is 6.54 Å². The first-order valence-corrected chi connectivity index (χ1v) is 6.90. The van der Waals surface area contributed by atoms with Crippen molar-refractivity contribution in [1.29, 1.82) is 0 Å². The standard InChI is InChI=1S/C14H20ClFN2/c1-10-5-13(15)12(6-14(10)16)9-18-8-11-3-2-4-17-7-11/h5-6,11,17-18H,2-4,7-9H2,1H3. The lowest BCUT2D eigenvalue weighted by molar-refractivity contribution is 0.360. The molecule has 1 aliphatic heterocycles. The lowest BCUT2D eigenvalue weighted by Gasteiger charge is -2.23. The molecule has 2 N–H and O–H groups in total. The highest BCUT2D eigenvalue weighted by Crippen LogP contribution is 2.20. The average molecular weight is 271 g/mol. The quantitative estimate of drug-likeness (QED) is 0.879. The first-order chi connectivity index (χ1) is 8.66. The van der Waals surface area contributed by atoms with Gasteiger partial charge in [-0.15, -0.1) is 0 Å². The number of benzene rings is 1. The molecule has 2 rings (SSSR count). The Balaban J connectivity index is 1.84. The van der Waals surface area contributed by atoms with Crippen molar-refractivity contribution < 1.29 is 4.39 Å². The molecule has 1 aromatic rings. The third-order valence-electron chi connectivity index (χ3n) is 3.48. The molecule has 0 bridgehead atoms. The van der Waals surface area contributed by atoms with E-state index in [1.54, 1.807) is 13.0 Å². The van der Waals surface area contributed by atoms with E-state index in [1.165, 1.54) is 18.9 Å². The van der Waals surface area contributed by atoms with Crippen LogP contribution in [0.1, 0.15) is 24.0 Å². The summed E-state index contributed by atoms with van der Waals surface area (Å²) < 4.78 is 13.4. The summed E-state index contributed by atoms with van der Waals surface area (Å²) in [4.78, 5) is 0. The van der Waals surface area contributed by atoms with E-state index < -0.39 is 0 Å². The number of piperidine rings is 1. The van der Waals surface area contributed by atoms with Crippen molar-refractivity contribution in [2.75, 3.05) is 19.6 Å². The van der Waals surface area contributed by atoms with Crippen molar-refractivity contribution in [3.63, 3.8) is 0 Å². The van der Waals surface area contributed by atoms with E-state index in [1.807, 2.05) is 0 Å². The summed E-state index contributed by atoms with van der Waals surface area (Å²) in [6.45, 7) is 5.52. The fourth-order valence-electron chi connectivity index (χ4n) is 2.33. The molecule has 2 nitrogen and oxygen atoms in total. The Hall–Kier alpha value is -0.640. The van der Waals surface area contributed by atoms with Crippen molar-refractivity contribution in [1.82, 2.24) is 10.6 Å². The SMILES string of the molecule is Cc1cc(Cl)c(CNCC2CCCNC2)cc1F. The fourth-order valence-corrected chi connectivity index (χ4v) is 2.62. The molecule has 1 unspecified atom stereocenters. The van der Waals surface area contributed by atoms with E-state index in [2.05, 4.69) is 10.6 Å². The largest absolute Gasteiger partial charge is 0.316 e. The van der Waals surface area contributed by atoms with Crippen LogP contribution < -0.4 is 10.6 Å². The van der Waals surface area contributed by atoms with Crippen LogP contribution in [0.4, 0.5) is 4.39 Å². The summed E-state index contributed by atoms with van der Waals surface area (Å²) in [6.07, 6.45) is 2.50. The van der Waals surface area contributed by atoms with Gasteiger partial charge in [0.25, 0.3) is 0 Å². The molecule has 1 aliphatic rings. The Morgan fingerprint density at radius 3 is 3.06 bits per heavy atom. The molecule has 1 heterocycles. The van der Waals surface area contributed by atoms with Gasteiger partial charge in [0.15, 0.2) is 0 Å². The second-order valence-corrected chi connectivity index (χ2v) is 5.44. The molecule has 18 heavy (non-hydrogen) atoms. The summed E-state index contributed by atoms with van der Waals surface area (Å²) in [7, 11) is 0. The molecule has 4 heteroatoms. The Morgan fingerprint density at radius 1 is 1.50 bits per heavy atom. The molecule has 0 aromatic heterocycles. The van der Waals surface area contributed by atoms with E-state index in [0.29, 0.717) is 23.0 Å². The van der Waals surface area contributed by atoms with Gasteiger partial charge in [0, 0.05) is 11.6 Å². The molecule has 1 fully saturated rings. The van der Waals surface area contributed by atoms with Crippen LogP contribution in [0, 0.1) is 18.7 Å². The minimum Gasteiger partial charge on any atom is -0.316 e. The van der Waals surface area contributed by atoms with Gasteiger partial charge in [-0.2, -0.15) is 0 Å². The van der Waals surface area contributed by atoms with E-state index in [4.69, 9.17) is 11.6 Å². The average Bonchev–Trinajstić information content (AvgIpc) is 2.37. The van der Waals surface area contributed by atoms with E-state index in [0.717, 1.165) is 25.2 Å². The highest BCUT2D eigenvalue weighted by molar-refractivity contribution is 6.31. The maximum absolute atomic E-state index is 13.4. The van der Waals surface area contributed by atoms with Gasteiger partial charge in [-0.05, 0) is 68.6 Å². The molecule has 0 aliphatic carbocycles. The number of rotatable bonds is 4. The number of nitrogens with one attached hydrogen (secondary N) is 2. The molecule has 0 saturated carbocycles. The second-order valence-electron chi connectivity index (χ2n) is 5.04. The van der Waals surface area contributed by atoms with Gasteiger partial charge in [-0.3, -0.25) is 0 Å². The maximum Gasteiger partial charge on any atom is 0.126 e. The monoisotopic (exact) mass is 270 g/mol. The van der Waals surface area contributed by atoms with Crippen molar-refractivity contribution in [3.8, 4) is 0 Å². The molecule has 100 valence electrons. The lowest BCUT2D eigenvalue weighted by atomic mass is 10.00. The van der Waals surface area contributed by atoms with Gasteiger partial charge in [0.1, 0.15) is 5.82 Å². The number of aryl methyl sites for hydroxylation is 1. The fraction of sp³-hybridized carbons (Fsp3) is 0.571. The van der Waals surface area contributed by atoms with Crippen LogP contribution in [-0.4, -0.2) is 19.6 Å². The summed E-state index contributed by atoms with van der Waals surface area (Å²) in [6, 6.07) is 3.22. The summed E-state index contributed by atoms with van der Waals surface area (Å²) in [5.41, 5.74) is 1.43. The zero-order valence-corrected chi connectivity index (χ0v) is 11.5. The summed E-state index contributed by atoms with van der Waals surface area (Å²) in [5.74, 6) is 0.489. The highest BCUT2D eigenvalue weighted by atomic mass is 35.5. The topological polar surface area (TPSA) is 24.1 Å². The first-order valence-electron chi connectivity index (χ1n) is 6.53. The molecule has 1 atom stereocenters. The van der Waals surface area contributed by atoms with Gasteiger partial charge in [0.2, 0.25) is 0 Å². The number of hydrogen-bond donors (Lipinski definition) is 2. The Kier molecular flexibility index (Phi) is 4.98. The molecular formula is C14H20ClFN2. The number of hydrogen-bond acceptors (Lipinski definition) is 2. The van der Waals surface area contributed by atoms with Crippen molar-refractivity contribution in [2.45, 2.75) is 26.3 Å². The van der Waals surface area contributed by atoms with Gasteiger partial charge in [-0.25, -0.2) is 4.39 Å². The summed E-state index contributed by atoms with van der Waals surface area (Å²) >= 11 is 6.10.